The molecule has 122 valence electrons. The molecule has 2 rings (SSSR count). The molecule has 23 heavy (non-hydrogen) atoms. The summed E-state index contributed by atoms with van der Waals surface area (Å²) in [7, 11) is 0. The fourth-order valence-electron chi connectivity index (χ4n) is 2.35. The van der Waals surface area contributed by atoms with E-state index in [1.807, 2.05) is 56.3 Å². The van der Waals surface area contributed by atoms with Gasteiger partial charge in [0.15, 0.2) is 6.61 Å². The van der Waals surface area contributed by atoms with Crippen molar-refractivity contribution in [1.82, 2.24) is 5.32 Å². The van der Waals surface area contributed by atoms with Gasteiger partial charge in [0.2, 0.25) is 0 Å². The molecule has 0 fully saturated rings. The van der Waals surface area contributed by atoms with Crippen LogP contribution in [0.2, 0.25) is 0 Å². The van der Waals surface area contributed by atoms with Gasteiger partial charge in [-0.3, -0.25) is 4.79 Å². The molecular formula is C19H24N2O2. The zero-order valence-electron chi connectivity index (χ0n) is 14.0. The maximum atomic E-state index is 12.1. The van der Waals surface area contributed by atoms with E-state index in [9.17, 15) is 4.79 Å². The highest BCUT2D eigenvalue weighted by Crippen LogP contribution is 2.19. The van der Waals surface area contributed by atoms with Crippen LogP contribution in [0.15, 0.2) is 42.5 Å². The molecule has 2 aromatic carbocycles. The van der Waals surface area contributed by atoms with Crippen molar-refractivity contribution in [1.29, 1.82) is 0 Å². The van der Waals surface area contributed by atoms with E-state index in [1.165, 1.54) is 5.56 Å². The second-order valence-corrected chi connectivity index (χ2v) is 5.54. The van der Waals surface area contributed by atoms with E-state index in [0.717, 1.165) is 35.7 Å². The van der Waals surface area contributed by atoms with Gasteiger partial charge in [0.1, 0.15) is 5.75 Å². The van der Waals surface area contributed by atoms with E-state index in [1.54, 1.807) is 0 Å². The van der Waals surface area contributed by atoms with E-state index in [4.69, 9.17) is 4.74 Å². The maximum Gasteiger partial charge on any atom is 0.262 e. The van der Waals surface area contributed by atoms with E-state index in [2.05, 4.69) is 17.6 Å². The molecule has 0 spiro atoms. The third kappa shape index (κ3) is 5.11. The monoisotopic (exact) mass is 312 g/mol. The number of carbonyl (C=O) groups is 1. The van der Waals surface area contributed by atoms with Gasteiger partial charge in [-0.15, -0.1) is 0 Å². The maximum absolute atomic E-state index is 12.1. The lowest BCUT2D eigenvalue weighted by Crippen LogP contribution is -2.22. The van der Waals surface area contributed by atoms with Gasteiger partial charge in [0, 0.05) is 12.2 Å². The highest BCUT2D eigenvalue weighted by atomic mass is 16.5. The molecule has 0 aliphatic carbocycles. The van der Waals surface area contributed by atoms with Crippen molar-refractivity contribution < 1.29 is 9.53 Å². The molecule has 2 N–H and O–H groups in total. The van der Waals surface area contributed by atoms with Gasteiger partial charge in [-0.1, -0.05) is 42.8 Å². The van der Waals surface area contributed by atoms with Crippen LogP contribution in [0.5, 0.6) is 5.75 Å². The first-order chi connectivity index (χ1) is 11.1. The van der Waals surface area contributed by atoms with Crippen molar-refractivity contribution in [2.24, 2.45) is 0 Å². The number of ether oxygens (including phenoxy) is 1. The number of nitrogens with one attached hydrogen (secondary N) is 2. The molecule has 0 aliphatic heterocycles. The number of rotatable bonds is 7. The van der Waals surface area contributed by atoms with E-state index >= 15 is 0 Å². The normalized spacial score (nSPS) is 10.4. The molecule has 0 radical (unpaired) electrons. The van der Waals surface area contributed by atoms with Gasteiger partial charge in [-0.2, -0.15) is 0 Å². The lowest BCUT2D eigenvalue weighted by atomic mass is 10.1. The highest BCUT2D eigenvalue weighted by Gasteiger charge is 2.08. The number of hydrogen-bond donors (Lipinski definition) is 2. The lowest BCUT2D eigenvalue weighted by molar-refractivity contribution is -0.118. The number of anilines is 1. The Labute approximate surface area is 137 Å². The Balaban J connectivity index is 1.94. The molecule has 0 bridgehead atoms. The molecular weight excluding hydrogens is 288 g/mol. The van der Waals surface area contributed by atoms with Gasteiger partial charge >= 0.3 is 0 Å². The molecule has 2 aromatic rings. The molecule has 0 unspecified atom stereocenters. The van der Waals surface area contributed by atoms with Crippen LogP contribution >= 0.6 is 0 Å². The number of aryl methyl sites for hydroxylation is 2. The van der Waals surface area contributed by atoms with Crippen molar-refractivity contribution in [2.45, 2.75) is 27.3 Å². The summed E-state index contributed by atoms with van der Waals surface area (Å²) in [6.07, 6.45) is 0. The summed E-state index contributed by atoms with van der Waals surface area (Å²) in [6.45, 7) is 7.68. The number of hydrogen-bond acceptors (Lipinski definition) is 3. The summed E-state index contributed by atoms with van der Waals surface area (Å²) in [5.41, 5.74) is 4.10. The quantitative estimate of drug-likeness (QED) is 0.823. The predicted molar refractivity (Wildman–Crippen MR) is 93.9 cm³/mol. The van der Waals surface area contributed by atoms with Crippen molar-refractivity contribution in [3.8, 4) is 5.75 Å². The average molecular weight is 312 g/mol. The summed E-state index contributed by atoms with van der Waals surface area (Å²) in [5.74, 6) is 0.584. The van der Waals surface area contributed by atoms with Crippen LogP contribution in [0, 0.1) is 13.8 Å². The van der Waals surface area contributed by atoms with Crippen LogP contribution in [0.1, 0.15) is 23.6 Å². The van der Waals surface area contributed by atoms with Crippen LogP contribution < -0.4 is 15.4 Å². The Hall–Kier alpha value is -2.33. The van der Waals surface area contributed by atoms with Crippen LogP contribution in [0.3, 0.4) is 0 Å². The highest BCUT2D eigenvalue weighted by molar-refractivity contribution is 5.92. The Morgan fingerprint density at radius 3 is 2.65 bits per heavy atom. The fraction of sp³-hybridized carbons (Fsp3) is 0.316. The Bertz CT molecular complexity index is 668. The van der Waals surface area contributed by atoms with E-state index in [-0.39, 0.29) is 12.5 Å². The van der Waals surface area contributed by atoms with Gasteiger partial charge in [-0.05, 0) is 43.7 Å². The zero-order chi connectivity index (χ0) is 16.7. The molecule has 0 saturated carbocycles. The van der Waals surface area contributed by atoms with Gasteiger partial charge in [-0.25, -0.2) is 0 Å². The van der Waals surface area contributed by atoms with Crippen LogP contribution in [0.4, 0.5) is 5.69 Å². The Kier molecular flexibility index (Phi) is 6.18. The summed E-state index contributed by atoms with van der Waals surface area (Å²) in [6, 6.07) is 13.7. The minimum Gasteiger partial charge on any atom is -0.483 e. The smallest absolute Gasteiger partial charge is 0.262 e. The van der Waals surface area contributed by atoms with Crippen LogP contribution in [-0.4, -0.2) is 19.1 Å². The number of amides is 1. The molecule has 0 saturated heterocycles. The molecule has 4 heteroatoms. The van der Waals surface area contributed by atoms with E-state index < -0.39 is 0 Å². The van der Waals surface area contributed by atoms with Crippen molar-refractivity contribution >= 4 is 11.6 Å². The first-order valence-corrected chi connectivity index (χ1v) is 7.88. The molecule has 0 atom stereocenters. The minimum absolute atomic E-state index is 0.000554. The standard InChI is InChI=1S/C19H24N2O2/c1-4-20-12-16-7-5-6-8-17(16)21-19(22)13-23-18-10-9-14(2)11-15(18)3/h5-11,20H,4,12-13H2,1-3H3,(H,21,22). The largest absolute Gasteiger partial charge is 0.483 e. The second kappa shape index (κ2) is 8.34. The SMILES string of the molecule is CCNCc1ccccc1NC(=O)COc1ccc(C)cc1C. The summed E-state index contributed by atoms with van der Waals surface area (Å²) in [5, 5.41) is 6.18. The first-order valence-electron chi connectivity index (χ1n) is 7.88. The number of para-hydroxylation sites is 1. The number of carbonyl (C=O) groups excluding carboxylic acids is 1. The third-order valence-electron chi connectivity index (χ3n) is 3.55. The summed E-state index contributed by atoms with van der Waals surface area (Å²) in [4.78, 5) is 12.1. The zero-order valence-corrected chi connectivity index (χ0v) is 14.0. The average Bonchev–Trinajstić information content (AvgIpc) is 2.53. The summed E-state index contributed by atoms with van der Waals surface area (Å²) >= 11 is 0. The molecule has 4 nitrogen and oxygen atoms in total. The Morgan fingerprint density at radius 2 is 1.91 bits per heavy atom. The lowest BCUT2D eigenvalue weighted by Gasteiger charge is -2.13. The van der Waals surface area contributed by atoms with Crippen molar-refractivity contribution in [2.75, 3.05) is 18.5 Å². The van der Waals surface area contributed by atoms with Crippen molar-refractivity contribution in [3.05, 3.63) is 59.2 Å². The topological polar surface area (TPSA) is 50.4 Å². The van der Waals surface area contributed by atoms with Gasteiger partial charge < -0.3 is 15.4 Å². The van der Waals surface area contributed by atoms with Gasteiger partial charge in [0.05, 0.1) is 0 Å². The predicted octanol–water partition coefficient (Wildman–Crippen LogP) is 3.43. The Morgan fingerprint density at radius 1 is 1.13 bits per heavy atom. The van der Waals surface area contributed by atoms with Crippen LogP contribution in [-0.2, 0) is 11.3 Å². The number of benzene rings is 2. The molecule has 0 aliphatic rings. The van der Waals surface area contributed by atoms with Gasteiger partial charge in [0.25, 0.3) is 5.91 Å². The molecule has 1 amide bonds. The first kappa shape index (κ1) is 17.0. The molecule has 0 aromatic heterocycles. The summed E-state index contributed by atoms with van der Waals surface area (Å²) < 4.78 is 5.62. The van der Waals surface area contributed by atoms with E-state index in [0.29, 0.717) is 0 Å². The van der Waals surface area contributed by atoms with Crippen molar-refractivity contribution in [3.63, 3.8) is 0 Å². The third-order valence-corrected chi connectivity index (χ3v) is 3.55. The molecule has 0 heterocycles. The van der Waals surface area contributed by atoms with Crippen LogP contribution in [0.25, 0.3) is 0 Å². The fourth-order valence-corrected chi connectivity index (χ4v) is 2.35. The minimum atomic E-state index is -0.158. The second-order valence-electron chi connectivity index (χ2n) is 5.54.